The lowest BCUT2D eigenvalue weighted by atomic mass is 9.99. The van der Waals surface area contributed by atoms with Crippen molar-refractivity contribution in [2.75, 3.05) is 13.2 Å². The van der Waals surface area contributed by atoms with Gasteiger partial charge in [-0.15, -0.1) is 11.3 Å². The van der Waals surface area contributed by atoms with Crippen LogP contribution in [0.15, 0.2) is 11.7 Å². The Morgan fingerprint density at radius 1 is 1.75 bits per heavy atom. The fourth-order valence-corrected chi connectivity index (χ4v) is 2.12. The molecule has 0 bridgehead atoms. The van der Waals surface area contributed by atoms with Gasteiger partial charge in [-0.3, -0.25) is 4.98 Å². The first kappa shape index (κ1) is 8.16. The highest BCUT2D eigenvalue weighted by Crippen LogP contribution is 2.24. The molecule has 2 rings (SSSR count). The molecule has 1 aliphatic rings. The summed E-state index contributed by atoms with van der Waals surface area (Å²) < 4.78 is 5.14. The smallest absolute Gasteiger partial charge is 0.0950 e. The SMILES string of the molecule is OC1(Cc2cncs2)CCOC1. The van der Waals surface area contributed by atoms with Crippen LogP contribution in [0.3, 0.4) is 0 Å². The van der Waals surface area contributed by atoms with Crippen molar-refractivity contribution in [3.63, 3.8) is 0 Å². The quantitative estimate of drug-likeness (QED) is 0.742. The largest absolute Gasteiger partial charge is 0.387 e. The van der Waals surface area contributed by atoms with Crippen molar-refractivity contribution in [2.24, 2.45) is 0 Å². The van der Waals surface area contributed by atoms with Gasteiger partial charge in [-0.1, -0.05) is 0 Å². The van der Waals surface area contributed by atoms with E-state index in [4.69, 9.17) is 4.74 Å². The lowest BCUT2D eigenvalue weighted by molar-refractivity contribution is 0.0277. The van der Waals surface area contributed by atoms with Crippen molar-refractivity contribution in [3.8, 4) is 0 Å². The van der Waals surface area contributed by atoms with Crippen LogP contribution in [0.4, 0.5) is 0 Å². The summed E-state index contributed by atoms with van der Waals surface area (Å²) in [7, 11) is 0. The number of aliphatic hydroxyl groups is 1. The van der Waals surface area contributed by atoms with E-state index in [1.54, 1.807) is 23.0 Å². The van der Waals surface area contributed by atoms with E-state index < -0.39 is 5.60 Å². The summed E-state index contributed by atoms with van der Waals surface area (Å²) in [6.07, 6.45) is 3.23. The molecule has 1 fully saturated rings. The first-order valence-electron chi connectivity index (χ1n) is 3.96. The molecule has 1 aromatic rings. The molecule has 0 aliphatic carbocycles. The molecule has 0 radical (unpaired) electrons. The molecule has 0 aromatic carbocycles. The van der Waals surface area contributed by atoms with Crippen LogP contribution >= 0.6 is 11.3 Å². The van der Waals surface area contributed by atoms with E-state index in [9.17, 15) is 5.11 Å². The van der Waals surface area contributed by atoms with Gasteiger partial charge < -0.3 is 9.84 Å². The lowest BCUT2D eigenvalue weighted by Gasteiger charge is -2.18. The molecular weight excluding hydrogens is 174 g/mol. The number of nitrogens with zero attached hydrogens (tertiary/aromatic N) is 1. The Morgan fingerprint density at radius 2 is 2.67 bits per heavy atom. The maximum absolute atomic E-state index is 9.92. The highest BCUT2D eigenvalue weighted by molar-refractivity contribution is 7.09. The minimum absolute atomic E-state index is 0.463. The van der Waals surface area contributed by atoms with Crippen LogP contribution in [0.2, 0.25) is 0 Å². The lowest BCUT2D eigenvalue weighted by Crippen LogP contribution is -2.31. The van der Waals surface area contributed by atoms with E-state index in [2.05, 4.69) is 4.98 Å². The van der Waals surface area contributed by atoms with Crippen molar-refractivity contribution in [2.45, 2.75) is 18.4 Å². The molecule has 12 heavy (non-hydrogen) atoms. The second kappa shape index (κ2) is 3.12. The molecular formula is C8H11NO2S. The zero-order valence-electron chi connectivity index (χ0n) is 6.69. The average molecular weight is 185 g/mol. The zero-order valence-corrected chi connectivity index (χ0v) is 7.51. The Morgan fingerprint density at radius 3 is 3.25 bits per heavy atom. The van der Waals surface area contributed by atoms with Gasteiger partial charge in [0.1, 0.15) is 0 Å². The molecule has 1 N–H and O–H groups in total. The first-order valence-corrected chi connectivity index (χ1v) is 4.84. The molecule has 1 aromatic heterocycles. The average Bonchev–Trinajstić information content (AvgIpc) is 2.62. The summed E-state index contributed by atoms with van der Waals surface area (Å²) >= 11 is 1.58. The van der Waals surface area contributed by atoms with Crippen molar-refractivity contribution in [3.05, 3.63) is 16.6 Å². The summed E-state index contributed by atoms with van der Waals surface area (Å²) in [4.78, 5) is 5.09. The van der Waals surface area contributed by atoms with Gasteiger partial charge in [-0.25, -0.2) is 0 Å². The Kier molecular flexibility index (Phi) is 2.12. The molecule has 1 saturated heterocycles. The minimum Gasteiger partial charge on any atom is -0.387 e. The van der Waals surface area contributed by atoms with Crippen LogP contribution in [0, 0.1) is 0 Å². The minimum atomic E-state index is -0.632. The van der Waals surface area contributed by atoms with Crippen molar-refractivity contribution in [1.82, 2.24) is 4.98 Å². The van der Waals surface area contributed by atoms with E-state index in [0.29, 0.717) is 19.6 Å². The van der Waals surface area contributed by atoms with E-state index in [0.717, 1.165) is 11.3 Å². The number of hydrogen-bond donors (Lipinski definition) is 1. The maximum atomic E-state index is 9.92. The molecule has 4 heteroatoms. The van der Waals surface area contributed by atoms with Gasteiger partial charge in [0.2, 0.25) is 0 Å². The molecule has 0 spiro atoms. The molecule has 1 unspecified atom stereocenters. The fourth-order valence-electron chi connectivity index (χ4n) is 1.39. The predicted octanol–water partition coefficient (Wildman–Crippen LogP) is 0.837. The Balaban J connectivity index is 2.02. The molecule has 0 saturated carbocycles. The predicted molar refractivity (Wildman–Crippen MR) is 46.2 cm³/mol. The summed E-state index contributed by atoms with van der Waals surface area (Å²) in [6.45, 7) is 1.14. The van der Waals surface area contributed by atoms with Gasteiger partial charge in [0.05, 0.1) is 17.7 Å². The number of ether oxygens (including phenoxy) is 1. The standard InChI is InChI=1S/C8H11NO2S/c10-8(1-2-11-5-8)3-7-4-9-6-12-7/h4,6,10H,1-3,5H2. The van der Waals surface area contributed by atoms with Crippen molar-refractivity contribution < 1.29 is 9.84 Å². The summed E-state index contributed by atoms with van der Waals surface area (Å²) in [5.74, 6) is 0. The summed E-state index contributed by atoms with van der Waals surface area (Å²) in [6, 6.07) is 0. The molecule has 1 aliphatic heterocycles. The maximum Gasteiger partial charge on any atom is 0.0950 e. The van der Waals surface area contributed by atoms with Gasteiger partial charge in [0, 0.05) is 30.5 Å². The van der Waals surface area contributed by atoms with E-state index in [-0.39, 0.29) is 0 Å². The second-order valence-corrected chi connectivity index (χ2v) is 4.14. The number of thiazole rings is 1. The van der Waals surface area contributed by atoms with Gasteiger partial charge in [0.25, 0.3) is 0 Å². The number of rotatable bonds is 2. The van der Waals surface area contributed by atoms with E-state index >= 15 is 0 Å². The van der Waals surface area contributed by atoms with Crippen LogP contribution < -0.4 is 0 Å². The Bertz CT molecular complexity index is 242. The van der Waals surface area contributed by atoms with Gasteiger partial charge in [-0.05, 0) is 0 Å². The fraction of sp³-hybridized carbons (Fsp3) is 0.625. The normalized spacial score (nSPS) is 29.4. The topological polar surface area (TPSA) is 42.4 Å². The molecule has 66 valence electrons. The van der Waals surface area contributed by atoms with Crippen LogP contribution in [-0.4, -0.2) is 28.9 Å². The van der Waals surface area contributed by atoms with Gasteiger partial charge >= 0.3 is 0 Å². The Labute approximate surface area is 75.0 Å². The first-order chi connectivity index (χ1) is 5.79. The molecule has 0 amide bonds. The zero-order chi connectivity index (χ0) is 8.44. The highest BCUT2D eigenvalue weighted by Gasteiger charge is 2.32. The van der Waals surface area contributed by atoms with Gasteiger partial charge in [0.15, 0.2) is 0 Å². The van der Waals surface area contributed by atoms with Crippen LogP contribution in [0.25, 0.3) is 0 Å². The van der Waals surface area contributed by atoms with Crippen molar-refractivity contribution >= 4 is 11.3 Å². The third-order valence-electron chi connectivity index (χ3n) is 2.07. The summed E-state index contributed by atoms with van der Waals surface area (Å²) in [5, 5.41) is 9.92. The number of hydrogen-bond acceptors (Lipinski definition) is 4. The van der Waals surface area contributed by atoms with Crippen LogP contribution in [0.5, 0.6) is 0 Å². The Hall–Kier alpha value is -0.450. The third-order valence-corrected chi connectivity index (χ3v) is 2.85. The molecule has 3 nitrogen and oxygen atoms in total. The van der Waals surface area contributed by atoms with Crippen LogP contribution in [0.1, 0.15) is 11.3 Å². The summed E-state index contributed by atoms with van der Waals surface area (Å²) in [5.41, 5.74) is 1.15. The molecule has 1 atom stereocenters. The molecule has 2 heterocycles. The van der Waals surface area contributed by atoms with Crippen molar-refractivity contribution in [1.29, 1.82) is 0 Å². The van der Waals surface area contributed by atoms with E-state index in [1.165, 1.54) is 0 Å². The third kappa shape index (κ3) is 1.65. The monoisotopic (exact) mass is 185 g/mol. The number of aromatic nitrogens is 1. The second-order valence-electron chi connectivity index (χ2n) is 3.17. The van der Waals surface area contributed by atoms with Gasteiger partial charge in [-0.2, -0.15) is 0 Å². The van der Waals surface area contributed by atoms with E-state index in [1.807, 2.05) is 0 Å². The van der Waals surface area contributed by atoms with Crippen LogP contribution in [-0.2, 0) is 11.2 Å². The highest BCUT2D eigenvalue weighted by atomic mass is 32.1.